The number of rotatable bonds is 8. The molecule has 4 nitrogen and oxygen atoms in total. The van der Waals surface area contributed by atoms with Crippen LogP contribution in [0.4, 0.5) is 0 Å². The van der Waals surface area contributed by atoms with Gasteiger partial charge in [-0.05, 0) is 36.7 Å². The molecule has 0 aliphatic carbocycles. The number of nitrogens with one attached hydrogen (secondary N) is 2. The highest BCUT2D eigenvalue weighted by molar-refractivity contribution is 9.10. The van der Waals surface area contributed by atoms with Gasteiger partial charge in [-0.1, -0.05) is 29.8 Å². The zero-order valence-corrected chi connectivity index (χ0v) is 13.0. The lowest BCUT2D eigenvalue weighted by molar-refractivity contribution is -0.123. The first-order chi connectivity index (χ1) is 9.17. The number of amides is 1. The van der Waals surface area contributed by atoms with Gasteiger partial charge in [0.15, 0.2) is 6.61 Å². The van der Waals surface area contributed by atoms with Gasteiger partial charge < -0.3 is 15.4 Å². The van der Waals surface area contributed by atoms with E-state index >= 15 is 0 Å². The van der Waals surface area contributed by atoms with E-state index in [-0.39, 0.29) is 12.5 Å². The molecule has 1 aromatic rings. The Morgan fingerprint density at radius 2 is 2.16 bits per heavy atom. The van der Waals surface area contributed by atoms with Gasteiger partial charge in [0, 0.05) is 17.6 Å². The molecular weight excluding hydrogens is 308 g/mol. The molecule has 0 aliphatic heterocycles. The van der Waals surface area contributed by atoms with Crippen LogP contribution in [-0.2, 0) is 11.3 Å². The number of ether oxygens (including phenoxy) is 1. The van der Waals surface area contributed by atoms with Crippen molar-refractivity contribution in [3.05, 3.63) is 28.2 Å². The SMILES string of the molecule is CCCNC(=O)COc1ccc(Br)c(CNCC)c1. The lowest BCUT2D eigenvalue weighted by Gasteiger charge is -2.10. The summed E-state index contributed by atoms with van der Waals surface area (Å²) in [6.45, 7) is 6.51. The van der Waals surface area contributed by atoms with E-state index in [1.165, 1.54) is 0 Å². The van der Waals surface area contributed by atoms with Gasteiger partial charge in [0.1, 0.15) is 5.75 Å². The van der Waals surface area contributed by atoms with Gasteiger partial charge in [0.05, 0.1) is 0 Å². The topological polar surface area (TPSA) is 50.4 Å². The Morgan fingerprint density at radius 3 is 2.84 bits per heavy atom. The van der Waals surface area contributed by atoms with Crippen LogP contribution < -0.4 is 15.4 Å². The van der Waals surface area contributed by atoms with E-state index < -0.39 is 0 Å². The second-order valence-electron chi connectivity index (χ2n) is 4.17. The summed E-state index contributed by atoms with van der Waals surface area (Å²) in [5.74, 6) is 0.626. The zero-order valence-electron chi connectivity index (χ0n) is 11.5. The van der Waals surface area contributed by atoms with Crippen LogP contribution in [0.15, 0.2) is 22.7 Å². The lowest BCUT2D eigenvalue weighted by Crippen LogP contribution is -2.29. The Labute approximate surface area is 123 Å². The summed E-state index contributed by atoms with van der Waals surface area (Å²) >= 11 is 3.50. The maximum absolute atomic E-state index is 11.4. The normalized spacial score (nSPS) is 10.3. The maximum Gasteiger partial charge on any atom is 0.257 e. The third-order valence-corrected chi connectivity index (χ3v) is 3.30. The molecule has 106 valence electrons. The number of benzene rings is 1. The average Bonchev–Trinajstić information content (AvgIpc) is 2.42. The van der Waals surface area contributed by atoms with Crippen molar-refractivity contribution in [2.45, 2.75) is 26.8 Å². The Kier molecular flexibility index (Phi) is 7.52. The van der Waals surface area contributed by atoms with Crippen molar-refractivity contribution >= 4 is 21.8 Å². The standard InChI is InChI=1S/C14H21BrN2O2/c1-3-7-17-14(18)10-19-12-5-6-13(15)11(8-12)9-16-4-2/h5-6,8,16H,3-4,7,9-10H2,1-2H3,(H,17,18). The summed E-state index contributed by atoms with van der Waals surface area (Å²) in [4.78, 5) is 11.4. The fourth-order valence-electron chi connectivity index (χ4n) is 1.50. The molecule has 0 bridgehead atoms. The van der Waals surface area contributed by atoms with Gasteiger partial charge in [-0.25, -0.2) is 0 Å². The molecule has 0 saturated heterocycles. The predicted molar refractivity (Wildman–Crippen MR) is 80.3 cm³/mol. The number of halogens is 1. The fourth-order valence-corrected chi connectivity index (χ4v) is 1.89. The largest absolute Gasteiger partial charge is 0.484 e. The van der Waals surface area contributed by atoms with E-state index in [1.807, 2.05) is 25.1 Å². The summed E-state index contributed by atoms with van der Waals surface area (Å²) in [7, 11) is 0. The minimum atomic E-state index is -0.0852. The zero-order chi connectivity index (χ0) is 14.1. The first-order valence-electron chi connectivity index (χ1n) is 6.56. The van der Waals surface area contributed by atoms with Gasteiger partial charge >= 0.3 is 0 Å². The number of hydrogen-bond donors (Lipinski definition) is 2. The van der Waals surface area contributed by atoms with Crippen LogP contribution in [0.2, 0.25) is 0 Å². The van der Waals surface area contributed by atoms with Gasteiger partial charge in [0.25, 0.3) is 5.91 Å². The van der Waals surface area contributed by atoms with Crippen LogP contribution in [0.5, 0.6) is 5.75 Å². The van der Waals surface area contributed by atoms with E-state index in [4.69, 9.17) is 4.74 Å². The quantitative estimate of drug-likeness (QED) is 0.770. The Bertz CT molecular complexity index is 410. The third-order valence-electron chi connectivity index (χ3n) is 2.52. The highest BCUT2D eigenvalue weighted by atomic mass is 79.9. The van der Waals surface area contributed by atoms with Crippen molar-refractivity contribution < 1.29 is 9.53 Å². The van der Waals surface area contributed by atoms with E-state index in [1.54, 1.807) is 0 Å². The van der Waals surface area contributed by atoms with Gasteiger partial charge in [0.2, 0.25) is 0 Å². The van der Waals surface area contributed by atoms with Crippen LogP contribution >= 0.6 is 15.9 Å². The second-order valence-corrected chi connectivity index (χ2v) is 5.03. The third kappa shape index (κ3) is 6.07. The maximum atomic E-state index is 11.4. The number of hydrogen-bond acceptors (Lipinski definition) is 3. The van der Waals surface area contributed by atoms with Crippen LogP contribution in [-0.4, -0.2) is 25.6 Å². The number of carbonyl (C=O) groups is 1. The lowest BCUT2D eigenvalue weighted by atomic mass is 10.2. The molecule has 19 heavy (non-hydrogen) atoms. The van der Waals surface area contributed by atoms with E-state index in [2.05, 4.69) is 33.5 Å². The monoisotopic (exact) mass is 328 g/mol. The molecule has 0 radical (unpaired) electrons. The first kappa shape index (κ1) is 16.0. The summed E-state index contributed by atoms with van der Waals surface area (Å²) in [6.07, 6.45) is 0.927. The molecule has 0 heterocycles. The first-order valence-corrected chi connectivity index (χ1v) is 7.35. The smallest absolute Gasteiger partial charge is 0.257 e. The summed E-state index contributed by atoms with van der Waals surface area (Å²) in [5, 5.41) is 6.04. The minimum Gasteiger partial charge on any atom is -0.484 e. The molecule has 1 amide bonds. The predicted octanol–water partition coefficient (Wildman–Crippen LogP) is 2.46. The van der Waals surface area contributed by atoms with Crippen molar-refractivity contribution in [1.29, 1.82) is 0 Å². The highest BCUT2D eigenvalue weighted by Gasteiger charge is 2.05. The molecule has 0 unspecified atom stereocenters. The van der Waals surface area contributed by atoms with Gasteiger partial charge in [-0.2, -0.15) is 0 Å². The molecule has 0 saturated carbocycles. The molecule has 1 rings (SSSR count). The van der Waals surface area contributed by atoms with Crippen molar-refractivity contribution in [3.8, 4) is 5.75 Å². The molecule has 0 spiro atoms. The Hall–Kier alpha value is -1.07. The van der Waals surface area contributed by atoms with E-state index in [9.17, 15) is 4.79 Å². The van der Waals surface area contributed by atoms with Crippen molar-refractivity contribution in [2.75, 3.05) is 19.7 Å². The molecule has 1 aromatic carbocycles. The fraction of sp³-hybridized carbons (Fsp3) is 0.500. The molecule has 2 N–H and O–H groups in total. The van der Waals surface area contributed by atoms with Gasteiger partial charge in [-0.3, -0.25) is 4.79 Å². The van der Waals surface area contributed by atoms with Crippen molar-refractivity contribution in [1.82, 2.24) is 10.6 Å². The Morgan fingerprint density at radius 1 is 1.37 bits per heavy atom. The average molecular weight is 329 g/mol. The highest BCUT2D eigenvalue weighted by Crippen LogP contribution is 2.22. The Balaban J connectivity index is 2.51. The molecular formula is C14H21BrN2O2. The summed E-state index contributed by atoms with van der Waals surface area (Å²) in [5.41, 5.74) is 1.12. The van der Waals surface area contributed by atoms with Gasteiger partial charge in [-0.15, -0.1) is 0 Å². The van der Waals surface area contributed by atoms with Crippen LogP contribution in [0.1, 0.15) is 25.8 Å². The van der Waals surface area contributed by atoms with Crippen molar-refractivity contribution in [3.63, 3.8) is 0 Å². The van der Waals surface area contributed by atoms with Crippen molar-refractivity contribution in [2.24, 2.45) is 0 Å². The summed E-state index contributed by atoms with van der Waals surface area (Å²) < 4.78 is 6.52. The molecule has 0 fully saturated rings. The second kappa shape index (κ2) is 8.93. The minimum absolute atomic E-state index is 0.0578. The van der Waals surface area contributed by atoms with Crippen LogP contribution in [0.3, 0.4) is 0 Å². The molecule has 0 aliphatic rings. The molecule has 0 atom stereocenters. The van der Waals surface area contributed by atoms with E-state index in [0.29, 0.717) is 12.3 Å². The molecule has 0 aromatic heterocycles. The molecule has 5 heteroatoms. The van der Waals surface area contributed by atoms with Crippen LogP contribution in [0.25, 0.3) is 0 Å². The summed E-state index contributed by atoms with van der Waals surface area (Å²) in [6, 6.07) is 5.73. The van der Waals surface area contributed by atoms with E-state index in [0.717, 1.165) is 29.5 Å². The number of carbonyl (C=O) groups excluding carboxylic acids is 1. The van der Waals surface area contributed by atoms with Crippen LogP contribution in [0, 0.1) is 0 Å².